The van der Waals surface area contributed by atoms with Crippen LogP contribution in [0, 0.1) is 18.3 Å². The molecule has 1 aliphatic rings. The van der Waals surface area contributed by atoms with Crippen molar-refractivity contribution in [1.82, 2.24) is 9.99 Å². The lowest BCUT2D eigenvalue weighted by atomic mass is 9.75. The van der Waals surface area contributed by atoms with Crippen LogP contribution in [0.1, 0.15) is 62.8 Å². The number of rotatable bonds is 15. The Balaban J connectivity index is 1.72. The van der Waals surface area contributed by atoms with Crippen molar-refractivity contribution >= 4 is 16.4 Å². The quantitative estimate of drug-likeness (QED) is 0.0932. The number of nitriles is 1. The number of methoxy groups -OCH3 is 1. The molecule has 0 aliphatic carbocycles. The van der Waals surface area contributed by atoms with Gasteiger partial charge < -0.3 is 18.5 Å². The van der Waals surface area contributed by atoms with Crippen molar-refractivity contribution in [3.05, 3.63) is 101 Å². The summed E-state index contributed by atoms with van der Waals surface area (Å²) < 4.78 is 27.1. The van der Waals surface area contributed by atoms with Gasteiger partial charge in [-0.25, -0.2) is 4.67 Å². The van der Waals surface area contributed by atoms with Gasteiger partial charge in [0.1, 0.15) is 13.6 Å². The number of aryl methyl sites for hydroxylation is 1. The van der Waals surface area contributed by atoms with E-state index in [0.717, 1.165) is 28.9 Å². The average molecular weight is 616 g/mol. The lowest BCUT2D eigenvalue weighted by molar-refractivity contribution is 0.0317. The van der Waals surface area contributed by atoms with Gasteiger partial charge in [0, 0.05) is 24.1 Å². The third kappa shape index (κ3) is 8.09. The summed E-state index contributed by atoms with van der Waals surface area (Å²) in [4.78, 5) is 0. The molecule has 0 saturated carbocycles. The predicted molar refractivity (Wildman–Crippen MR) is 180 cm³/mol. The van der Waals surface area contributed by atoms with Crippen molar-refractivity contribution in [3.63, 3.8) is 0 Å². The first-order valence-electron chi connectivity index (χ1n) is 15.6. The molecule has 44 heavy (non-hydrogen) atoms. The Hall–Kier alpha value is -2.76. The fourth-order valence-electron chi connectivity index (χ4n) is 6.08. The van der Waals surface area contributed by atoms with Crippen molar-refractivity contribution in [2.75, 3.05) is 20.3 Å². The Kier molecular flexibility index (Phi) is 12.4. The van der Waals surface area contributed by atoms with E-state index in [2.05, 4.69) is 125 Å². The van der Waals surface area contributed by atoms with Gasteiger partial charge in [-0.2, -0.15) is 5.26 Å². The summed E-state index contributed by atoms with van der Waals surface area (Å²) in [7, 11) is 2.44. The fourth-order valence-corrected chi connectivity index (χ4v) is 7.69. The molecule has 1 aliphatic heterocycles. The van der Waals surface area contributed by atoms with E-state index in [1.54, 1.807) is 7.11 Å². The minimum atomic E-state index is -1.38. The zero-order valence-corrected chi connectivity index (χ0v) is 28.1. The molecule has 1 fully saturated rings. The van der Waals surface area contributed by atoms with Gasteiger partial charge in [0.2, 0.25) is 0 Å². The largest absolute Gasteiger partial charge is 0.497 e. The van der Waals surface area contributed by atoms with Gasteiger partial charge in [-0.3, -0.25) is 5.32 Å². The highest BCUT2D eigenvalue weighted by Crippen LogP contribution is 2.47. The van der Waals surface area contributed by atoms with E-state index in [4.69, 9.17) is 23.8 Å². The van der Waals surface area contributed by atoms with Crippen LogP contribution in [0.5, 0.6) is 5.75 Å². The number of hydrogen-bond donors (Lipinski definition) is 1. The molecule has 3 aromatic rings. The topological polar surface area (TPSA) is 76.0 Å². The monoisotopic (exact) mass is 615 g/mol. The molecule has 0 bridgehead atoms. The van der Waals surface area contributed by atoms with E-state index in [0.29, 0.717) is 19.6 Å². The molecule has 3 aromatic carbocycles. The number of ether oxygens (including phenoxy) is 2. The van der Waals surface area contributed by atoms with Crippen LogP contribution in [-0.4, -0.2) is 63.1 Å². The average Bonchev–Trinajstić information content (AvgIpc) is 3.37. The zero-order valence-electron chi connectivity index (χ0n) is 27.2. The molecular weight excluding hydrogens is 568 g/mol. The van der Waals surface area contributed by atoms with E-state index in [1.807, 2.05) is 12.1 Å². The summed E-state index contributed by atoms with van der Waals surface area (Å²) >= 11 is 0. The van der Waals surface area contributed by atoms with Crippen molar-refractivity contribution in [2.24, 2.45) is 0 Å². The Morgan fingerprint density at radius 3 is 2.11 bits per heavy atom. The van der Waals surface area contributed by atoms with E-state index < -0.39 is 14.1 Å². The highest BCUT2D eigenvalue weighted by molar-refractivity contribution is 7.44. The molecule has 7 nitrogen and oxygen atoms in total. The third-order valence-corrected chi connectivity index (χ3v) is 10.1. The maximum atomic E-state index is 9.12. The van der Waals surface area contributed by atoms with Crippen LogP contribution in [0.4, 0.5) is 0 Å². The third-order valence-electron chi connectivity index (χ3n) is 8.07. The van der Waals surface area contributed by atoms with E-state index >= 15 is 0 Å². The van der Waals surface area contributed by atoms with Crippen LogP contribution in [0.2, 0.25) is 0 Å². The van der Waals surface area contributed by atoms with Gasteiger partial charge in [-0.15, -0.1) is 0 Å². The maximum absolute atomic E-state index is 9.12. The van der Waals surface area contributed by atoms with Gasteiger partial charge in [0.25, 0.3) is 8.53 Å². The molecular formula is C35H47BN3O4P. The van der Waals surface area contributed by atoms with Gasteiger partial charge >= 0.3 is 0 Å². The molecule has 1 saturated heterocycles. The van der Waals surface area contributed by atoms with Crippen molar-refractivity contribution < 1.29 is 18.5 Å². The van der Waals surface area contributed by atoms with Gasteiger partial charge in [-0.05, 0) is 69.9 Å². The highest BCUT2D eigenvalue weighted by Gasteiger charge is 2.44. The van der Waals surface area contributed by atoms with Crippen LogP contribution in [0.3, 0.4) is 0 Å². The number of nitrogens with one attached hydrogen (secondary N) is 1. The first kappa shape index (κ1) is 34.1. The smallest absolute Gasteiger partial charge is 0.259 e. The summed E-state index contributed by atoms with van der Waals surface area (Å²) in [5, 5.41) is 13.3. The van der Waals surface area contributed by atoms with Gasteiger partial charge in [0.15, 0.2) is 0 Å². The van der Waals surface area contributed by atoms with E-state index in [1.165, 1.54) is 5.56 Å². The Morgan fingerprint density at radius 1 is 0.955 bits per heavy atom. The molecule has 2 unspecified atom stereocenters. The summed E-state index contributed by atoms with van der Waals surface area (Å²) in [5.41, 5.74) is 3.94. The lowest BCUT2D eigenvalue weighted by Gasteiger charge is -2.41. The van der Waals surface area contributed by atoms with Gasteiger partial charge in [0.05, 0.1) is 44.5 Å². The Morgan fingerprint density at radius 2 is 1.55 bits per heavy atom. The number of benzene rings is 3. The summed E-state index contributed by atoms with van der Waals surface area (Å²) in [6.45, 7) is 11.4. The molecule has 1 heterocycles. The Bertz CT molecular complexity index is 1330. The number of hydrogen-bond acceptors (Lipinski definition) is 7. The number of nitrogens with zero attached hydrogens (tertiary/aromatic N) is 2. The second kappa shape index (κ2) is 16.0. The molecule has 0 spiro atoms. The second-order valence-corrected chi connectivity index (χ2v) is 13.5. The maximum Gasteiger partial charge on any atom is 0.259 e. The summed E-state index contributed by atoms with van der Waals surface area (Å²) in [6, 6.07) is 30.4. The molecule has 9 heteroatoms. The van der Waals surface area contributed by atoms with Crippen molar-refractivity contribution in [2.45, 2.75) is 83.2 Å². The normalized spacial score (nSPS) is 20.5. The second-order valence-electron chi connectivity index (χ2n) is 12.0. The molecule has 0 aromatic heterocycles. The first-order valence-corrected chi connectivity index (χ1v) is 16.7. The standard InChI is InChI=1S/C35H47BN3O4P/c1-25(2)39(26(3)4)44(41-22-10-21-37)42-24-33-32(23-34(36)43-33)38-35(28-11-8-7-9-12-28,29-15-13-27(5)14-16-29)30-17-19-31(40-6)20-18-30/h7-9,11-20,25-26,32-34,38H,10,22-24,36H2,1-6H3/t32-,33+,34+,35?,44?/m0/s1. The van der Waals surface area contributed by atoms with Gasteiger partial charge in [-0.1, -0.05) is 72.3 Å². The zero-order chi connectivity index (χ0) is 31.7. The molecule has 0 radical (unpaired) electrons. The predicted octanol–water partition coefficient (Wildman–Crippen LogP) is 6.29. The Labute approximate surface area is 266 Å². The van der Waals surface area contributed by atoms with E-state index in [-0.39, 0.29) is 30.2 Å². The molecule has 1 N–H and O–H groups in total. The fraction of sp³-hybridized carbons (Fsp3) is 0.457. The van der Waals surface area contributed by atoms with Crippen LogP contribution in [0.15, 0.2) is 78.9 Å². The van der Waals surface area contributed by atoms with Crippen LogP contribution in [0.25, 0.3) is 0 Å². The van der Waals surface area contributed by atoms with E-state index in [9.17, 15) is 0 Å². The molecule has 4 rings (SSSR count). The highest BCUT2D eigenvalue weighted by atomic mass is 31.2. The minimum Gasteiger partial charge on any atom is -0.497 e. The summed E-state index contributed by atoms with van der Waals surface area (Å²) in [5.74, 6) is 0.813. The van der Waals surface area contributed by atoms with Crippen molar-refractivity contribution in [1.29, 1.82) is 5.26 Å². The summed E-state index contributed by atoms with van der Waals surface area (Å²) in [6.07, 6.45) is 0.948. The lowest BCUT2D eigenvalue weighted by Crippen LogP contribution is -2.53. The molecule has 234 valence electrons. The molecule has 0 amide bonds. The van der Waals surface area contributed by atoms with Crippen LogP contribution >= 0.6 is 8.53 Å². The van der Waals surface area contributed by atoms with Crippen LogP contribution < -0.4 is 10.1 Å². The SMILES string of the molecule is B[C@H]1C[C@H](NC(c2ccccc2)(c2ccc(C)cc2)c2ccc(OC)cc2)[C@@H](COP(OCCC#N)N(C(C)C)C(C)C)O1. The van der Waals surface area contributed by atoms with Crippen molar-refractivity contribution in [3.8, 4) is 11.8 Å². The minimum absolute atomic E-state index is 0.0175. The first-order chi connectivity index (χ1) is 21.2. The van der Waals surface area contributed by atoms with Crippen LogP contribution in [-0.2, 0) is 19.3 Å². The molecule has 5 atom stereocenters.